The van der Waals surface area contributed by atoms with Crippen LogP contribution in [0.4, 0.5) is 0 Å². The van der Waals surface area contributed by atoms with Gasteiger partial charge in [0.2, 0.25) is 6.29 Å². The lowest BCUT2D eigenvalue weighted by molar-refractivity contribution is -0.149. The van der Waals surface area contributed by atoms with E-state index >= 15 is 0 Å². The van der Waals surface area contributed by atoms with Crippen LogP contribution in [0, 0.1) is 5.92 Å². The molecule has 0 spiro atoms. The highest BCUT2D eigenvalue weighted by atomic mass is 16.8. The molecule has 1 aromatic carbocycles. The number of esters is 1. The van der Waals surface area contributed by atoms with Crippen LogP contribution in [-0.4, -0.2) is 12.3 Å². The van der Waals surface area contributed by atoms with Crippen molar-refractivity contribution < 1.29 is 14.3 Å². The Morgan fingerprint density at radius 1 is 1.00 bits per heavy atom. The molecule has 0 N–H and O–H groups in total. The molecule has 18 heavy (non-hydrogen) atoms. The van der Waals surface area contributed by atoms with Crippen molar-refractivity contribution in [1.82, 2.24) is 0 Å². The third-order valence-electron chi connectivity index (χ3n) is 3.85. The maximum absolute atomic E-state index is 11.9. The van der Waals surface area contributed by atoms with E-state index in [-0.39, 0.29) is 12.3 Å². The zero-order valence-electron chi connectivity index (χ0n) is 10.4. The van der Waals surface area contributed by atoms with Crippen LogP contribution in [0.5, 0.6) is 0 Å². The van der Waals surface area contributed by atoms with Gasteiger partial charge in [-0.25, -0.2) is 4.79 Å². The van der Waals surface area contributed by atoms with Gasteiger partial charge in [0.15, 0.2) is 6.10 Å². The fourth-order valence-corrected chi connectivity index (χ4v) is 2.85. The monoisotopic (exact) mass is 246 g/mol. The van der Waals surface area contributed by atoms with E-state index < -0.39 is 6.10 Å². The van der Waals surface area contributed by atoms with Crippen molar-refractivity contribution in [1.29, 1.82) is 0 Å². The van der Waals surface area contributed by atoms with Crippen LogP contribution in [-0.2, 0) is 14.3 Å². The molecule has 96 valence electrons. The highest BCUT2D eigenvalue weighted by molar-refractivity contribution is 5.78. The van der Waals surface area contributed by atoms with E-state index in [1.807, 2.05) is 30.3 Å². The maximum Gasteiger partial charge on any atom is 0.342 e. The molecule has 3 rings (SSSR count). The first kappa shape index (κ1) is 11.7. The molecule has 1 aliphatic carbocycles. The SMILES string of the molecule is O=C1OC(C2CCCCC2)OC1c1ccccc1. The van der Waals surface area contributed by atoms with Crippen molar-refractivity contribution in [2.75, 3.05) is 0 Å². The molecule has 0 bridgehead atoms. The Bertz CT molecular complexity index is 409. The summed E-state index contributed by atoms with van der Waals surface area (Å²) in [7, 11) is 0. The summed E-state index contributed by atoms with van der Waals surface area (Å²) in [6.45, 7) is 0. The van der Waals surface area contributed by atoms with Gasteiger partial charge in [-0.1, -0.05) is 49.6 Å². The number of cyclic esters (lactones) is 1. The van der Waals surface area contributed by atoms with E-state index in [2.05, 4.69) is 0 Å². The van der Waals surface area contributed by atoms with Gasteiger partial charge in [0.1, 0.15) is 0 Å². The maximum atomic E-state index is 11.9. The molecule has 3 nitrogen and oxygen atoms in total. The lowest BCUT2D eigenvalue weighted by atomic mass is 9.89. The normalized spacial score (nSPS) is 29.2. The van der Waals surface area contributed by atoms with Crippen molar-refractivity contribution in [3.8, 4) is 0 Å². The molecule has 2 aliphatic rings. The highest BCUT2D eigenvalue weighted by Gasteiger charge is 2.40. The smallest absolute Gasteiger partial charge is 0.342 e. The van der Waals surface area contributed by atoms with Gasteiger partial charge in [-0.15, -0.1) is 0 Å². The summed E-state index contributed by atoms with van der Waals surface area (Å²) < 4.78 is 11.2. The fraction of sp³-hybridized carbons (Fsp3) is 0.533. The van der Waals surface area contributed by atoms with Crippen LogP contribution in [0.3, 0.4) is 0 Å². The molecule has 1 aliphatic heterocycles. The Morgan fingerprint density at radius 3 is 2.44 bits per heavy atom. The standard InChI is InChI=1S/C15H18O3/c16-14-13(11-7-3-1-4-8-11)17-15(18-14)12-9-5-2-6-10-12/h1,3-4,7-8,12-13,15H,2,5-6,9-10H2. The van der Waals surface area contributed by atoms with E-state index in [4.69, 9.17) is 9.47 Å². The van der Waals surface area contributed by atoms with Gasteiger partial charge in [0.05, 0.1) is 0 Å². The van der Waals surface area contributed by atoms with Crippen LogP contribution in [0.1, 0.15) is 43.8 Å². The number of benzene rings is 1. The Morgan fingerprint density at radius 2 is 1.72 bits per heavy atom. The number of hydrogen-bond donors (Lipinski definition) is 0. The average molecular weight is 246 g/mol. The number of carbonyl (C=O) groups excluding carboxylic acids is 1. The summed E-state index contributed by atoms with van der Waals surface area (Å²) in [5.74, 6) is 0.146. The van der Waals surface area contributed by atoms with Gasteiger partial charge in [-0.2, -0.15) is 0 Å². The molecular formula is C15H18O3. The second-order valence-corrected chi connectivity index (χ2v) is 5.13. The van der Waals surface area contributed by atoms with Crippen molar-refractivity contribution in [3.05, 3.63) is 35.9 Å². The predicted octanol–water partition coefficient (Wildman–Crippen LogP) is 3.21. The van der Waals surface area contributed by atoms with Crippen LogP contribution in [0.2, 0.25) is 0 Å². The Labute approximate surface area is 107 Å². The summed E-state index contributed by atoms with van der Waals surface area (Å²) in [6.07, 6.45) is 5.09. The lowest BCUT2D eigenvalue weighted by Gasteiger charge is -2.25. The second kappa shape index (κ2) is 5.11. The number of rotatable bonds is 2. The molecule has 1 saturated heterocycles. The van der Waals surface area contributed by atoms with E-state index in [0.717, 1.165) is 18.4 Å². The molecule has 1 saturated carbocycles. The molecular weight excluding hydrogens is 228 g/mol. The quantitative estimate of drug-likeness (QED) is 0.752. The first-order valence-corrected chi connectivity index (χ1v) is 6.75. The summed E-state index contributed by atoms with van der Waals surface area (Å²) >= 11 is 0. The average Bonchev–Trinajstić information content (AvgIpc) is 2.83. The molecule has 2 unspecified atom stereocenters. The Balaban J connectivity index is 1.70. The molecule has 2 fully saturated rings. The molecule has 3 heteroatoms. The van der Waals surface area contributed by atoms with Crippen LogP contribution < -0.4 is 0 Å². The van der Waals surface area contributed by atoms with E-state index in [0.29, 0.717) is 5.92 Å². The van der Waals surface area contributed by atoms with Crippen LogP contribution in [0.15, 0.2) is 30.3 Å². The number of ether oxygens (including phenoxy) is 2. The Hall–Kier alpha value is -1.35. The molecule has 0 amide bonds. The van der Waals surface area contributed by atoms with Gasteiger partial charge >= 0.3 is 5.97 Å². The topological polar surface area (TPSA) is 35.5 Å². The zero-order chi connectivity index (χ0) is 12.4. The second-order valence-electron chi connectivity index (χ2n) is 5.13. The lowest BCUT2D eigenvalue weighted by Crippen LogP contribution is -2.24. The predicted molar refractivity (Wildman–Crippen MR) is 66.7 cm³/mol. The van der Waals surface area contributed by atoms with Crippen LogP contribution in [0.25, 0.3) is 0 Å². The number of hydrogen-bond acceptors (Lipinski definition) is 3. The van der Waals surface area contributed by atoms with E-state index in [9.17, 15) is 4.79 Å². The number of carbonyl (C=O) groups is 1. The van der Waals surface area contributed by atoms with E-state index in [1.54, 1.807) is 0 Å². The fourth-order valence-electron chi connectivity index (χ4n) is 2.85. The van der Waals surface area contributed by atoms with Crippen molar-refractivity contribution in [3.63, 3.8) is 0 Å². The summed E-state index contributed by atoms with van der Waals surface area (Å²) in [5.41, 5.74) is 0.890. The molecule has 1 aromatic rings. The van der Waals surface area contributed by atoms with Crippen molar-refractivity contribution in [2.45, 2.75) is 44.5 Å². The highest BCUT2D eigenvalue weighted by Crippen LogP contribution is 2.36. The van der Waals surface area contributed by atoms with Gasteiger partial charge in [0, 0.05) is 5.92 Å². The van der Waals surface area contributed by atoms with E-state index in [1.165, 1.54) is 19.3 Å². The molecule has 0 aromatic heterocycles. The van der Waals surface area contributed by atoms with Gasteiger partial charge in [0.25, 0.3) is 0 Å². The first-order valence-electron chi connectivity index (χ1n) is 6.75. The molecule has 2 atom stereocenters. The van der Waals surface area contributed by atoms with Gasteiger partial charge in [-0.3, -0.25) is 0 Å². The first-order chi connectivity index (χ1) is 8.84. The summed E-state index contributed by atoms with van der Waals surface area (Å²) in [6, 6.07) is 9.59. The van der Waals surface area contributed by atoms with Gasteiger partial charge in [-0.05, 0) is 18.4 Å². The third kappa shape index (κ3) is 2.27. The zero-order valence-corrected chi connectivity index (χ0v) is 10.4. The summed E-state index contributed by atoms with van der Waals surface area (Å²) in [4.78, 5) is 11.9. The largest absolute Gasteiger partial charge is 0.433 e. The van der Waals surface area contributed by atoms with Gasteiger partial charge < -0.3 is 9.47 Å². The minimum absolute atomic E-state index is 0.239. The van der Waals surface area contributed by atoms with Crippen LogP contribution >= 0.6 is 0 Å². The van der Waals surface area contributed by atoms with Crippen molar-refractivity contribution >= 4 is 5.97 Å². The third-order valence-corrected chi connectivity index (χ3v) is 3.85. The summed E-state index contributed by atoms with van der Waals surface area (Å²) in [5, 5.41) is 0. The van der Waals surface area contributed by atoms with Crippen molar-refractivity contribution in [2.24, 2.45) is 5.92 Å². The Kier molecular flexibility index (Phi) is 3.33. The molecule has 1 heterocycles. The molecule has 0 radical (unpaired) electrons. The minimum atomic E-state index is -0.530. The minimum Gasteiger partial charge on any atom is -0.433 e.